The van der Waals surface area contributed by atoms with Crippen LogP contribution in [0.25, 0.3) is 0 Å². The number of ether oxygens (including phenoxy) is 2. The monoisotopic (exact) mass is 523 g/mol. The molecule has 4 rings (SSSR count). The number of imidazole rings is 1. The lowest BCUT2D eigenvalue weighted by atomic mass is 10.0. The number of hydrogen-bond donors (Lipinski definition) is 6. The third kappa shape index (κ3) is 4.37. The van der Waals surface area contributed by atoms with Crippen molar-refractivity contribution >= 4 is 33.0 Å². The smallest absolute Gasteiger partial charge is 0.387 e. The zero-order valence-electron chi connectivity index (χ0n) is 17.8. The summed E-state index contributed by atoms with van der Waals surface area (Å²) in [5.41, 5.74) is 3.57. The van der Waals surface area contributed by atoms with Crippen molar-refractivity contribution in [3.63, 3.8) is 0 Å². The number of phosphoric ester groups is 1. The van der Waals surface area contributed by atoms with Gasteiger partial charge in [-0.3, -0.25) is 14.3 Å². The molecule has 0 spiro atoms. The average Bonchev–Trinajstić information content (AvgIpc) is 3.46. The largest absolute Gasteiger partial charge is 0.480 e. The number of nitrogen functional groups attached to an aromatic ring is 1. The fraction of sp³-hybridized carbons (Fsp3) is 0.533. The van der Waals surface area contributed by atoms with E-state index in [0.717, 1.165) is 12.5 Å². The lowest BCUT2D eigenvalue weighted by Crippen LogP contribution is -2.48. The highest BCUT2D eigenvalue weighted by Gasteiger charge is 2.63. The maximum Gasteiger partial charge on any atom is 0.480 e. The highest BCUT2D eigenvalue weighted by Crippen LogP contribution is 2.61. The number of nitrogens with two attached hydrogens (primary N) is 1. The minimum atomic E-state index is -5.10. The highest BCUT2D eigenvalue weighted by atomic mass is 31.3. The van der Waals surface area contributed by atoms with Crippen LogP contribution in [-0.4, -0.2) is 85.5 Å². The van der Waals surface area contributed by atoms with Gasteiger partial charge in [0, 0.05) is 26.5 Å². The molecule has 2 aliphatic heterocycles. The second-order valence-corrected chi connectivity index (χ2v) is 10.9. The van der Waals surface area contributed by atoms with E-state index in [9.17, 15) is 28.8 Å². The number of fused-ring (bicyclic) bond motifs is 2. The van der Waals surface area contributed by atoms with Gasteiger partial charge in [-0.1, -0.05) is 0 Å². The first kappa shape index (κ1) is 24.8. The van der Waals surface area contributed by atoms with Crippen LogP contribution in [0.3, 0.4) is 0 Å². The number of phosphoric acid groups is 1. The predicted octanol–water partition coefficient (Wildman–Crippen LogP) is -1.34. The van der Waals surface area contributed by atoms with Crippen LogP contribution in [0, 0.1) is 0 Å². The van der Waals surface area contributed by atoms with Gasteiger partial charge in [-0.2, -0.15) is 9.29 Å². The number of aliphatic hydroxyl groups excluding tert-OH is 1. The lowest BCUT2D eigenvalue weighted by Gasteiger charge is -2.35. The molecule has 2 saturated heterocycles. The van der Waals surface area contributed by atoms with Crippen molar-refractivity contribution in [3.05, 3.63) is 29.1 Å². The minimum Gasteiger partial charge on any atom is -0.387 e. The molecule has 34 heavy (non-hydrogen) atoms. The molecule has 4 unspecified atom stereocenters. The second kappa shape index (κ2) is 8.71. The van der Waals surface area contributed by atoms with Crippen molar-refractivity contribution in [2.24, 2.45) is 0 Å². The van der Waals surface area contributed by atoms with E-state index in [-0.39, 0.29) is 24.1 Å². The van der Waals surface area contributed by atoms with Crippen molar-refractivity contribution in [1.29, 1.82) is 0 Å². The predicted molar refractivity (Wildman–Crippen MR) is 115 cm³/mol. The summed E-state index contributed by atoms with van der Waals surface area (Å²) >= 11 is 0. The Hall–Kier alpha value is -2.33. The van der Waals surface area contributed by atoms with Crippen LogP contribution in [0.1, 0.15) is 0 Å². The summed E-state index contributed by atoms with van der Waals surface area (Å²) in [6, 6.07) is 0. The van der Waals surface area contributed by atoms with E-state index in [1.54, 1.807) is 0 Å². The van der Waals surface area contributed by atoms with Gasteiger partial charge in [-0.15, -0.1) is 0 Å². The number of nitrogens with one attached hydrogen (secondary N) is 2. The van der Waals surface area contributed by atoms with E-state index in [2.05, 4.69) is 24.6 Å². The number of aliphatic hydroxyl groups is 1. The van der Waals surface area contributed by atoms with E-state index >= 15 is 0 Å². The van der Waals surface area contributed by atoms with Gasteiger partial charge in [0.1, 0.15) is 29.8 Å². The molecule has 2 aromatic heterocycles. The molecule has 6 atom stereocenters. The summed E-state index contributed by atoms with van der Waals surface area (Å²) in [6.07, 6.45) is -0.114. The molecule has 17 nitrogen and oxygen atoms in total. The van der Waals surface area contributed by atoms with Gasteiger partial charge in [-0.05, 0) is 0 Å². The van der Waals surface area contributed by atoms with Gasteiger partial charge < -0.3 is 40.3 Å². The summed E-state index contributed by atoms with van der Waals surface area (Å²) in [5, 5.41) is 13.5. The first-order valence-corrected chi connectivity index (χ1v) is 12.7. The summed E-state index contributed by atoms with van der Waals surface area (Å²) in [6.45, 7) is -0.943. The zero-order chi connectivity index (χ0) is 24.9. The summed E-state index contributed by atoms with van der Waals surface area (Å²) in [7, 11) is -6.87. The molecular formula is C15H23N7O10P2. The van der Waals surface area contributed by atoms with Gasteiger partial charge in [0.25, 0.3) is 5.56 Å². The first-order chi connectivity index (χ1) is 15.9. The number of likely N-dealkylation sites (N-methyl/N-ethyl adjacent to an activating group) is 1. The Morgan fingerprint density at radius 1 is 1.47 bits per heavy atom. The molecule has 2 aromatic rings. The van der Waals surface area contributed by atoms with Crippen molar-refractivity contribution in [2.75, 3.05) is 43.3 Å². The normalized spacial score (nSPS) is 29.5. The summed E-state index contributed by atoms with van der Waals surface area (Å²) in [4.78, 5) is 43.5. The highest BCUT2D eigenvalue weighted by molar-refractivity contribution is 7.63. The van der Waals surface area contributed by atoms with Gasteiger partial charge in [0.05, 0.1) is 13.2 Å². The van der Waals surface area contributed by atoms with E-state index < -0.39 is 51.8 Å². The van der Waals surface area contributed by atoms with E-state index in [0.29, 0.717) is 4.34 Å². The number of aromatic nitrogens is 4. The summed E-state index contributed by atoms with van der Waals surface area (Å²) in [5.74, 6) is -0.0518. The van der Waals surface area contributed by atoms with Crippen LogP contribution in [-0.2, 0) is 27.4 Å². The van der Waals surface area contributed by atoms with E-state index in [4.69, 9.17) is 19.7 Å². The number of rotatable bonds is 9. The molecule has 4 heterocycles. The van der Waals surface area contributed by atoms with Crippen LogP contribution in [0.15, 0.2) is 23.5 Å². The minimum absolute atomic E-state index is 0.0781. The standard InChI is InChI=1S/C15H23N7O10P2/c1-17-8-11(19-14(16)20-12(8)24)21(2)13-9-10(23)15(31-13,5-29-9)6-30-34(27,28)32-33(25,26)22-4-3-18-7-22/h3-4,7,9-10,13,17,23H,5-6H2,1-2H3,(H,25,26)(H,27,28)(H3,16,19,20,24)/t9?,10?,13-,15-/m1/s1. The Morgan fingerprint density at radius 2 is 2.21 bits per heavy atom. The molecule has 188 valence electrons. The number of anilines is 3. The van der Waals surface area contributed by atoms with Crippen molar-refractivity contribution < 1.29 is 42.3 Å². The van der Waals surface area contributed by atoms with E-state index in [1.807, 2.05) is 0 Å². The van der Waals surface area contributed by atoms with E-state index in [1.165, 1.54) is 25.2 Å². The van der Waals surface area contributed by atoms with Crippen LogP contribution >= 0.6 is 15.6 Å². The van der Waals surface area contributed by atoms with Gasteiger partial charge in [0.2, 0.25) is 5.95 Å². The third-order valence-corrected chi connectivity index (χ3v) is 8.31. The van der Waals surface area contributed by atoms with Gasteiger partial charge in [-0.25, -0.2) is 18.5 Å². The second-order valence-electron chi connectivity index (χ2n) is 7.56. The molecule has 0 radical (unpaired) electrons. The zero-order valence-corrected chi connectivity index (χ0v) is 19.6. The fourth-order valence-electron chi connectivity index (χ4n) is 3.70. The van der Waals surface area contributed by atoms with Crippen LogP contribution in [0.5, 0.6) is 0 Å². The lowest BCUT2D eigenvalue weighted by molar-refractivity contribution is -0.158. The molecular weight excluding hydrogens is 500 g/mol. The maximum absolute atomic E-state index is 12.3. The van der Waals surface area contributed by atoms with Gasteiger partial charge in [0.15, 0.2) is 12.0 Å². The van der Waals surface area contributed by atoms with Crippen molar-refractivity contribution in [2.45, 2.75) is 24.0 Å². The van der Waals surface area contributed by atoms with Crippen LogP contribution < -0.4 is 21.5 Å². The Bertz CT molecular complexity index is 1210. The molecule has 7 N–H and O–H groups in total. The Morgan fingerprint density at radius 3 is 2.85 bits per heavy atom. The van der Waals surface area contributed by atoms with Crippen LogP contribution in [0.2, 0.25) is 0 Å². The molecule has 2 bridgehead atoms. The molecule has 0 amide bonds. The van der Waals surface area contributed by atoms with Crippen molar-refractivity contribution in [3.8, 4) is 0 Å². The maximum atomic E-state index is 12.3. The quantitative estimate of drug-likeness (QED) is 0.209. The topological polar surface area (TPSA) is 237 Å². The third-order valence-electron chi connectivity index (χ3n) is 5.36. The Labute approximate surface area is 191 Å². The number of aromatic amines is 1. The Balaban J connectivity index is 1.50. The van der Waals surface area contributed by atoms with Gasteiger partial charge >= 0.3 is 15.6 Å². The molecule has 19 heteroatoms. The number of nitrogens with zero attached hydrogens (tertiary/aromatic N) is 4. The summed E-state index contributed by atoms with van der Waals surface area (Å²) < 4.78 is 46.0. The Kier molecular flexibility index (Phi) is 6.35. The molecule has 0 saturated carbocycles. The molecule has 2 aliphatic rings. The SMILES string of the molecule is CNc1c(N(C)[C@@H]2O[C@@]3(COP(=O)(O)OP(=O)(O)n4ccnc4)COC2C3O)nc(N)[nH]c1=O. The van der Waals surface area contributed by atoms with Crippen LogP contribution in [0.4, 0.5) is 17.5 Å². The molecule has 0 aromatic carbocycles. The molecule has 0 aliphatic carbocycles. The fourth-order valence-corrected chi connectivity index (χ4v) is 6.10. The first-order valence-electron chi connectivity index (χ1n) is 9.67. The number of H-pyrrole nitrogens is 1. The number of hydrogen-bond acceptors (Lipinski definition) is 13. The average molecular weight is 523 g/mol. The molecule has 2 fully saturated rings. The van der Waals surface area contributed by atoms with Crippen molar-refractivity contribution in [1.82, 2.24) is 19.3 Å².